The van der Waals surface area contributed by atoms with E-state index in [0.717, 1.165) is 7.11 Å². The molecule has 18 heavy (non-hydrogen) atoms. The van der Waals surface area contributed by atoms with Crippen molar-refractivity contribution in [3.8, 4) is 11.8 Å². The number of hydrogen-bond acceptors (Lipinski definition) is 4. The molecular formula is C9H6F5NO3. The van der Waals surface area contributed by atoms with Gasteiger partial charge in [-0.2, -0.15) is 4.98 Å². The highest BCUT2D eigenvalue weighted by atomic mass is 19.4. The van der Waals surface area contributed by atoms with Gasteiger partial charge in [-0.3, -0.25) is 4.79 Å². The Morgan fingerprint density at radius 3 is 2.39 bits per heavy atom. The molecule has 0 aliphatic carbocycles. The van der Waals surface area contributed by atoms with Crippen LogP contribution in [-0.4, -0.2) is 24.7 Å². The van der Waals surface area contributed by atoms with E-state index in [1.54, 1.807) is 0 Å². The van der Waals surface area contributed by atoms with Crippen molar-refractivity contribution < 1.29 is 36.2 Å². The molecule has 0 radical (unpaired) electrons. The van der Waals surface area contributed by atoms with Crippen LogP contribution in [0.5, 0.6) is 11.8 Å². The molecule has 0 saturated heterocycles. The van der Waals surface area contributed by atoms with Crippen LogP contribution in [0.15, 0.2) is 6.07 Å². The third kappa shape index (κ3) is 3.28. The van der Waals surface area contributed by atoms with E-state index in [-0.39, 0.29) is 6.29 Å². The molecule has 4 nitrogen and oxygen atoms in total. The van der Waals surface area contributed by atoms with Gasteiger partial charge in [0, 0.05) is 11.6 Å². The second-order valence-corrected chi connectivity index (χ2v) is 2.94. The molecule has 0 aromatic carbocycles. The second kappa shape index (κ2) is 5.15. The lowest BCUT2D eigenvalue weighted by Gasteiger charge is -2.13. The molecule has 1 aromatic rings. The van der Waals surface area contributed by atoms with Crippen LogP contribution in [0.1, 0.15) is 22.3 Å². The molecule has 0 fully saturated rings. The highest BCUT2D eigenvalue weighted by molar-refractivity contribution is 5.81. The first-order valence-electron chi connectivity index (χ1n) is 4.36. The predicted octanol–water partition coefficient (Wildman–Crippen LogP) is 2.74. The highest BCUT2D eigenvalue weighted by Crippen LogP contribution is 2.33. The minimum absolute atomic E-state index is 0.186. The number of nitrogens with zero attached hydrogens (tertiary/aromatic N) is 1. The summed E-state index contributed by atoms with van der Waals surface area (Å²) >= 11 is 0. The van der Waals surface area contributed by atoms with E-state index < -0.39 is 35.7 Å². The monoisotopic (exact) mass is 271 g/mol. The maximum Gasteiger partial charge on any atom is 0.574 e. The van der Waals surface area contributed by atoms with Crippen LogP contribution in [0.4, 0.5) is 22.0 Å². The van der Waals surface area contributed by atoms with Crippen molar-refractivity contribution in [1.82, 2.24) is 4.98 Å². The van der Waals surface area contributed by atoms with E-state index in [0.29, 0.717) is 6.07 Å². The van der Waals surface area contributed by atoms with Crippen LogP contribution >= 0.6 is 0 Å². The molecule has 0 aliphatic rings. The summed E-state index contributed by atoms with van der Waals surface area (Å²) in [4.78, 5) is 13.7. The Morgan fingerprint density at radius 1 is 1.39 bits per heavy atom. The van der Waals surface area contributed by atoms with Gasteiger partial charge in [0.15, 0.2) is 6.29 Å². The third-order valence-electron chi connectivity index (χ3n) is 1.81. The Morgan fingerprint density at radius 2 is 2.00 bits per heavy atom. The van der Waals surface area contributed by atoms with Gasteiger partial charge < -0.3 is 9.47 Å². The summed E-state index contributed by atoms with van der Waals surface area (Å²) in [7, 11) is 1.02. The van der Waals surface area contributed by atoms with E-state index in [1.807, 2.05) is 0 Å². The van der Waals surface area contributed by atoms with Crippen LogP contribution in [0.25, 0.3) is 0 Å². The van der Waals surface area contributed by atoms with Crippen LogP contribution in [-0.2, 0) is 0 Å². The molecule has 0 amide bonds. The van der Waals surface area contributed by atoms with Crippen molar-refractivity contribution in [2.24, 2.45) is 0 Å². The number of rotatable bonds is 4. The summed E-state index contributed by atoms with van der Waals surface area (Å²) < 4.78 is 69.0. The normalized spacial score (nSPS) is 11.5. The molecule has 0 saturated carbocycles. The molecule has 1 heterocycles. The average molecular weight is 271 g/mol. The zero-order valence-electron chi connectivity index (χ0n) is 8.79. The predicted molar refractivity (Wildman–Crippen MR) is 47.8 cm³/mol. The largest absolute Gasteiger partial charge is 0.574 e. The molecule has 0 spiro atoms. The molecule has 100 valence electrons. The van der Waals surface area contributed by atoms with Crippen LogP contribution in [0, 0.1) is 0 Å². The summed E-state index contributed by atoms with van der Waals surface area (Å²) in [5.41, 5.74) is -1.92. The highest BCUT2D eigenvalue weighted by Gasteiger charge is 2.34. The fraction of sp³-hybridized carbons (Fsp3) is 0.333. The number of carbonyl (C=O) groups is 1. The molecule has 0 atom stereocenters. The Kier molecular flexibility index (Phi) is 4.04. The number of ether oxygens (including phenoxy) is 2. The summed E-state index contributed by atoms with van der Waals surface area (Å²) in [5.74, 6) is -1.79. The first kappa shape index (κ1) is 14.1. The first-order valence-corrected chi connectivity index (χ1v) is 4.36. The summed E-state index contributed by atoms with van der Waals surface area (Å²) in [6.07, 6.45) is -8.51. The maximum absolute atomic E-state index is 12.6. The Labute approximate surface area is 97.3 Å². The number of alkyl halides is 5. The van der Waals surface area contributed by atoms with Gasteiger partial charge in [-0.15, -0.1) is 13.2 Å². The zero-order valence-corrected chi connectivity index (χ0v) is 8.79. The van der Waals surface area contributed by atoms with Gasteiger partial charge in [0.05, 0.1) is 12.7 Å². The number of carbonyl (C=O) groups excluding carboxylic acids is 1. The molecule has 1 rings (SSSR count). The van der Waals surface area contributed by atoms with Crippen molar-refractivity contribution in [2.45, 2.75) is 12.8 Å². The number of aldehydes is 1. The van der Waals surface area contributed by atoms with Crippen LogP contribution in [0.3, 0.4) is 0 Å². The van der Waals surface area contributed by atoms with Gasteiger partial charge in [-0.25, -0.2) is 8.78 Å². The van der Waals surface area contributed by atoms with E-state index in [2.05, 4.69) is 14.5 Å². The number of halogens is 5. The van der Waals surface area contributed by atoms with Gasteiger partial charge in [0.2, 0.25) is 11.8 Å². The molecule has 1 aromatic heterocycles. The number of aromatic nitrogens is 1. The standard InChI is InChI=1S/C9H6F5NO3/c1-17-6-2-4(7(10)11)5(3-16)8(15-6)18-9(12,13)14/h2-3,7H,1H3. The summed E-state index contributed by atoms with van der Waals surface area (Å²) in [6, 6.07) is 0.664. The van der Waals surface area contributed by atoms with Crippen molar-refractivity contribution in [3.63, 3.8) is 0 Å². The quantitative estimate of drug-likeness (QED) is 0.624. The van der Waals surface area contributed by atoms with Gasteiger partial charge >= 0.3 is 6.36 Å². The van der Waals surface area contributed by atoms with Crippen LogP contribution in [0.2, 0.25) is 0 Å². The van der Waals surface area contributed by atoms with Crippen molar-refractivity contribution >= 4 is 6.29 Å². The smallest absolute Gasteiger partial charge is 0.481 e. The second-order valence-electron chi connectivity index (χ2n) is 2.94. The summed E-state index contributed by atoms with van der Waals surface area (Å²) in [6.45, 7) is 0. The van der Waals surface area contributed by atoms with E-state index in [9.17, 15) is 26.7 Å². The maximum atomic E-state index is 12.6. The Balaban J connectivity index is 3.37. The van der Waals surface area contributed by atoms with Crippen molar-refractivity contribution in [2.75, 3.05) is 7.11 Å². The Hall–Kier alpha value is -1.93. The van der Waals surface area contributed by atoms with E-state index in [1.165, 1.54) is 0 Å². The molecule has 0 aliphatic heterocycles. The average Bonchev–Trinajstić information content (AvgIpc) is 2.25. The minimum atomic E-state index is -5.16. The van der Waals surface area contributed by atoms with Crippen molar-refractivity contribution in [1.29, 1.82) is 0 Å². The summed E-state index contributed by atoms with van der Waals surface area (Å²) in [5, 5.41) is 0. The molecular weight excluding hydrogens is 265 g/mol. The lowest BCUT2D eigenvalue weighted by molar-refractivity contribution is -0.276. The topological polar surface area (TPSA) is 48.4 Å². The van der Waals surface area contributed by atoms with Gasteiger partial charge in [-0.1, -0.05) is 0 Å². The molecule has 0 bridgehead atoms. The SMILES string of the molecule is COc1cc(C(F)F)c(C=O)c(OC(F)(F)F)n1. The third-order valence-corrected chi connectivity index (χ3v) is 1.81. The molecule has 9 heteroatoms. The van der Waals surface area contributed by atoms with Gasteiger partial charge in [0.25, 0.3) is 6.43 Å². The minimum Gasteiger partial charge on any atom is -0.481 e. The Bertz CT molecular complexity index is 447. The number of methoxy groups -OCH3 is 1. The molecule has 0 N–H and O–H groups in total. The first-order chi connectivity index (χ1) is 8.28. The fourth-order valence-electron chi connectivity index (χ4n) is 1.12. The van der Waals surface area contributed by atoms with Gasteiger partial charge in [-0.05, 0) is 0 Å². The van der Waals surface area contributed by atoms with E-state index >= 15 is 0 Å². The van der Waals surface area contributed by atoms with Crippen molar-refractivity contribution in [3.05, 3.63) is 17.2 Å². The zero-order chi connectivity index (χ0) is 13.9. The van der Waals surface area contributed by atoms with Gasteiger partial charge in [0.1, 0.15) is 0 Å². The molecule has 0 unspecified atom stereocenters. The van der Waals surface area contributed by atoms with Crippen LogP contribution < -0.4 is 9.47 Å². The number of hydrogen-bond donors (Lipinski definition) is 0. The van der Waals surface area contributed by atoms with E-state index in [4.69, 9.17) is 0 Å². The number of pyridine rings is 1. The fourth-order valence-corrected chi connectivity index (χ4v) is 1.12. The lowest BCUT2D eigenvalue weighted by atomic mass is 10.1. The lowest BCUT2D eigenvalue weighted by Crippen LogP contribution is -2.19.